The molecule has 9 amide bonds. The molecule has 0 aliphatic carbocycles. The molecule has 0 heterocycles. The predicted octanol–water partition coefficient (Wildman–Crippen LogP) is -5.02. The van der Waals surface area contributed by atoms with Crippen molar-refractivity contribution in [1.29, 1.82) is 0 Å². The van der Waals surface area contributed by atoms with E-state index in [4.69, 9.17) is 17.2 Å². The molecule has 8 atom stereocenters. The number of carbonyl (C=O) groups excluding carboxylic acids is 9. The first-order valence-electron chi connectivity index (χ1n) is 22.4. The number of aliphatic carboxylic acids is 3. The summed E-state index contributed by atoms with van der Waals surface area (Å²) in [6.45, 7) is 6.74. The standard InChI is InChI=1S/C41H72N12O15/c1-6-22(5)34(40(66)52-33(21(3)4)39(65)47-18-28(54)45-19-29(55)48-25(41(67)68)13-9-11-15-43)53-36(62)24(12-8-10-14-42)50-38(64)27(17-32(59)60)51-37(63)26(16-31(57)58)49-30(56)20-46-35(61)23(44)7-2/h21-27,33-34H,6-20,42-44H2,1-5H3,(H,45,54)(H,46,61)(H,47,65)(H,48,55)(H,49,56)(H,50,64)(H,51,63)(H,52,66)(H,53,62)(H,57,58)(H,59,60)(H,67,68)/t22-,23-,24-,25-,26-,27-,33-,34-/m0/s1. The summed E-state index contributed by atoms with van der Waals surface area (Å²) in [5.74, 6) is -13.9. The second kappa shape index (κ2) is 33.1. The van der Waals surface area contributed by atoms with E-state index in [0.29, 0.717) is 32.2 Å². The Morgan fingerprint density at radius 2 is 0.882 bits per heavy atom. The number of carboxylic acid groups (broad SMARTS) is 3. The Balaban J connectivity index is 6.09. The Morgan fingerprint density at radius 3 is 1.35 bits per heavy atom. The van der Waals surface area contributed by atoms with Gasteiger partial charge in [0.1, 0.15) is 36.3 Å². The van der Waals surface area contributed by atoms with Crippen LogP contribution in [0.2, 0.25) is 0 Å². The van der Waals surface area contributed by atoms with Gasteiger partial charge in [-0.3, -0.25) is 52.7 Å². The van der Waals surface area contributed by atoms with Gasteiger partial charge in [0.25, 0.3) is 0 Å². The number of carboxylic acids is 3. The quantitative estimate of drug-likeness (QED) is 0.0264. The van der Waals surface area contributed by atoms with E-state index in [2.05, 4.69) is 47.9 Å². The third-order valence-electron chi connectivity index (χ3n) is 10.3. The van der Waals surface area contributed by atoms with Crippen LogP contribution in [-0.4, -0.2) is 161 Å². The van der Waals surface area contributed by atoms with Crippen LogP contribution in [-0.2, 0) is 57.5 Å². The van der Waals surface area contributed by atoms with Crippen molar-refractivity contribution in [3.8, 4) is 0 Å². The number of hydrogen-bond donors (Lipinski definition) is 15. The minimum atomic E-state index is -1.93. The summed E-state index contributed by atoms with van der Waals surface area (Å²) in [5.41, 5.74) is 16.7. The zero-order valence-corrected chi connectivity index (χ0v) is 39.3. The number of nitrogens with two attached hydrogens (primary N) is 3. The Kier molecular flexibility index (Phi) is 29.9. The van der Waals surface area contributed by atoms with Crippen LogP contribution < -0.4 is 65.1 Å². The molecule has 0 saturated heterocycles. The number of hydrogen-bond acceptors (Lipinski definition) is 15. The highest BCUT2D eigenvalue weighted by molar-refractivity contribution is 5.99. The normalized spacial score (nSPS) is 14.4. The summed E-state index contributed by atoms with van der Waals surface area (Å²) in [7, 11) is 0. The highest BCUT2D eigenvalue weighted by Crippen LogP contribution is 2.12. The summed E-state index contributed by atoms with van der Waals surface area (Å²) in [5, 5.41) is 49.3. The van der Waals surface area contributed by atoms with Crippen LogP contribution in [0.15, 0.2) is 0 Å². The van der Waals surface area contributed by atoms with Gasteiger partial charge in [0.15, 0.2) is 0 Å². The molecule has 0 aromatic heterocycles. The number of carbonyl (C=O) groups is 12. The molecule has 18 N–H and O–H groups in total. The molecule has 0 fully saturated rings. The molecular weight excluding hydrogens is 901 g/mol. The fourth-order valence-corrected chi connectivity index (χ4v) is 6.05. The van der Waals surface area contributed by atoms with Crippen molar-refractivity contribution in [3.05, 3.63) is 0 Å². The fraction of sp³-hybridized carbons (Fsp3) is 0.707. The lowest BCUT2D eigenvalue weighted by Crippen LogP contribution is -2.61. The van der Waals surface area contributed by atoms with Crippen LogP contribution in [0.5, 0.6) is 0 Å². The molecule has 0 rings (SSSR count). The highest BCUT2D eigenvalue weighted by Gasteiger charge is 2.36. The van der Waals surface area contributed by atoms with E-state index in [9.17, 15) is 72.9 Å². The summed E-state index contributed by atoms with van der Waals surface area (Å²) in [6, 6.07) is -10.00. The van der Waals surface area contributed by atoms with Crippen molar-refractivity contribution in [1.82, 2.24) is 47.9 Å². The smallest absolute Gasteiger partial charge is 0.326 e. The first kappa shape index (κ1) is 61.5. The summed E-state index contributed by atoms with van der Waals surface area (Å²) < 4.78 is 0. The fourth-order valence-electron chi connectivity index (χ4n) is 6.05. The number of nitrogens with one attached hydrogen (secondary N) is 9. The van der Waals surface area contributed by atoms with Crippen molar-refractivity contribution in [3.63, 3.8) is 0 Å². The van der Waals surface area contributed by atoms with E-state index >= 15 is 0 Å². The SMILES string of the molecule is CC[C@H](N)C(=O)NCC(=O)N[C@@H](CC(=O)O)C(=O)N[C@@H](CC(=O)O)C(=O)N[C@@H](CCCCN)C(=O)N[C@H](C(=O)N[C@H](C(=O)NCC(=O)NCC(=O)N[C@@H](CCCCN)C(=O)O)C(C)C)[C@@H](C)CC. The van der Waals surface area contributed by atoms with Crippen LogP contribution in [0.4, 0.5) is 0 Å². The molecule has 68 heavy (non-hydrogen) atoms. The van der Waals surface area contributed by atoms with Crippen molar-refractivity contribution in [2.45, 2.75) is 141 Å². The lowest BCUT2D eigenvalue weighted by Gasteiger charge is -2.30. The zero-order chi connectivity index (χ0) is 52.1. The molecule has 0 aromatic rings. The van der Waals surface area contributed by atoms with Gasteiger partial charge in [0.05, 0.1) is 38.5 Å². The molecule has 0 bridgehead atoms. The lowest BCUT2D eigenvalue weighted by atomic mass is 9.95. The maximum atomic E-state index is 13.9. The number of rotatable bonds is 35. The topological polar surface area (TPSA) is 452 Å². The van der Waals surface area contributed by atoms with Crippen LogP contribution in [0, 0.1) is 11.8 Å². The van der Waals surface area contributed by atoms with Crippen LogP contribution in [0.3, 0.4) is 0 Å². The van der Waals surface area contributed by atoms with E-state index in [1.807, 2.05) is 0 Å². The average Bonchev–Trinajstić information content (AvgIpc) is 3.27. The highest BCUT2D eigenvalue weighted by atomic mass is 16.4. The minimum absolute atomic E-state index is 0.0991. The van der Waals surface area contributed by atoms with Crippen molar-refractivity contribution in [2.75, 3.05) is 32.7 Å². The summed E-state index contributed by atoms with van der Waals surface area (Å²) >= 11 is 0. The first-order valence-corrected chi connectivity index (χ1v) is 22.4. The molecule has 0 unspecified atom stereocenters. The van der Waals surface area contributed by atoms with E-state index in [-0.39, 0.29) is 32.2 Å². The minimum Gasteiger partial charge on any atom is -0.481 e. The Hall–Kier alpha value is -6.48. The lowest BCUT2D eigenvalue weighted by molar-refractivity contribution is -0.143. The predicted molar refractivity (Wildman–Crippen MR) is 241 cm³/mol. The average molecular weight is 973 g/mol. The van der Waals surface area contributed by atoms with E-state index in [0.717, 1.165) is 0 Å². The Morgan fingerprint density at radius 1 is 0.456 bits per heavy atom. The largest absolute Gasteiger partial charge is 0.481 e. The third kappa shape index (κ3) is 24.9. The van der Waals surface area contributed by atoms with Crippen molar-refractivity contribution < 1.29 is 72.9 Å². The molecule has 27 nitrogen and oxygen atoms in total. The molecule has 0 radical (unpaired) electrons. The molecule has 0 aliphatic rings. The maximum Gasteiger partial charge on any atom is 0.326 e. The van der Waals surface area contributed by atoms with Crippen LogP contribution in [0.25, 0.3) is 0 Å². The molecule has 0 spiro atoms. The summed E-state index contributed by atoms with van der Waals surface area (Å²) in [6.07, 6.45) is 0.0959. The molecule has 0 saturated carbocycles. The van der Waals surface area contributed by atoms with Gasteiger partial charge in [-0.25, -0.2) is 4.79 Å². The summed E-state index contributed by atoms with van der Waals surface area (Å²) in [4.78, 5) is 152. The van der Waals surface area contributed by atoms with E-state index in [1.54, 1.807) is 34.6 Å². The van der Waals surface area contributed by atoms with Crippen LogP contribution in [0.1, 0.15) is 98.8 Å². The molecule has 386 valence electrons. The molecule has 0 aromatic carbocycles. The second-order valence-electron chi connectivity index (χ2n) is 16.3. The van der Waals surface area contributed by atoms with E-state index < -0.39 is 158 Å². The second-order valence-corrected chi connectivity index (χ2v) is 16.3. The van der Waals surface area contributed by atoms with Crippen LogP contribution >= 0.6 is 0 Å². The number of amides is 9. The first-order chi connectivity index (χ1) is 31.9. The van der Waals surface area contributed by atoms with Gasteiger partial charge in [0.2, 0.25) is 53.2 Å². The van der Waals surface area contributed by atoms with Gasteiger partial charge >= 0.3 is 17.9 Å². The van der Waals surface area contributed by atoms with Gasteiger partial charge < -0.3 is 80.4 Å². The van der Waals surface area contributed by atoms with E-state index in [1.165, 1.54) is 0 Å². The van der Waals surface area contributed by atoms with Gasteiger partial charge in [-0.2, -0.15) is 0 Å². The van der Waals surface area contributed by atoms with Gasteiger partial charge in [-0.15, -0.1) is 0 Å². The van der Waals surface area contributed by atoms with Gasteiger partial charge in [-0.1, -0.05) is 41.0 Å². The van der Waals surface area contributed by atoms with Gasteiger partial charge in [-0.05, 0) is 69.9 Å². The molecular formula is C41H72N12O15. The monoisotopic (exact) mass is 973 g/mol. The molecule has 27 heteroatoms. The molecule has 0 aliphatic heterocycles. The Bertz CT molecular complexity index is 1750. The van der Waals surface area contributed by atoms with Gasteiger partial charge in [0, 0.05) is 0 Å². The van der Waals surface area contributed by atoms with Crippen molar-refractivity contribution >= 4 is 71.1 Å². The number of unbranched alkanes of at least 4 members (excludes halogenated alkanes) is 2. The zero-order valence-electron chi connectivity index (χ0n) is 39.3. The maximum absolute atomic E-state index is 13.9. The van der Waals surface area contributed by atoms with Crippen molar-refractivity contribution in [2.24, 2.45) is 29.0 Å². The Labute approximate surface area is 394 Å². The third-order valence-corrected chi connectivity index (χ3v) is 10.3.